The lowest BCUT2D eigenvalue weighted by atomic mass is 10.1. The number of aryl methyl sites for hydroxylation is 2. The molecule has 3 rings (SSSR count). The summed E-state index contributed by atoms with van der Waals surface area (Å²) in [5.74, 6) is 0.292. The summed E-state index contributed by atoms with van der Waals surface area (Å²) in [4.78, 5) is 12.6. The van der Waals surface area contributed by atoms with E-state index in [0.29, 0.717) is 5.82 Å². The van der Waals surface area contributed by atoms with E-state index in [0.717, 1.165) is 22.5 Å². The van der Waals surface area contributed by atoms with Crippen molar-refractivity contribution in [3.63, 3.8) is 0 Å². The molecule has 24 heavy (non-hydrogen) atoms. The summed E-state index contributed by atoms with van der Waals surface area (Å²) in [6.45, 7) is 3.97. The van der Waals surface area contributed by atoms with E-state index in [2.05, 4.69) is 20.8 Å². The van der Waals surface area contributed by atoms with Crippen molar-refractivity contribution in [1.82, 2.24) is 10.2 Å². The van der Waals surface area contributed by atoms with E-state index in [1.54, 1.807) is 0 Å². The highest BCUT2D eigenvalue weighted by Crippen LogP contribution is 2.24. The molecule has 0 spiro atoms. The number of nitrogens with zero attached hydrogens (tertiary/aromatic N) is 1. The monoisotopic (exact) mass is 321 g/mol. The van der Waals surface area contributed by atoms with E-state index < -0.39 is 0 Å². The first kappa shape index (κ1) is 15.6. The molecule has 1 amide bonds. The second kappa shape index (κ2) is 6.45. The highest BCUT2D eigenvalue weighted by atomic mass is 16.1. The van der Waals surface area contributed by atoms with Crippen molar-refractivity contribution in [2.24, 2.45) is 0 Å². The van der Waals surface area contributed by atoms with Gasteiger partial charge in [0.25, 0.3) is 5.91 Å². The van der Waals surface area contributed by atoms with Crippen LogP contribution in [0.5, 0.6) is 0 Å². The average molecular weight is 321 g/mol. The lowest BCUT2D eigenvalue weighted by molar-refractivity contribution is 0.102. The first-order chi connectivity index (χ1) is 11.5. The number of nitrogens with two attached hydrogens (primary N) is 1. The minimum atomic E-state index is -0.315. The van der Waals surface area contributed by atoms with Crippen LogP contribution in [-0.2, 0) is 0 Å². The number of rotatable bonds is 4. The van der Waals surface area contributed by atoms with Crippen LogP contribution in [0.2, 0.25) is 0 Å². The zero-order chi connectivity index (χ0) is 17.1. The minimum absolute atomic E-state index is 0.218. The number of carbonyl (C=O) groups is 1. The Morgan fingerprint density at radius 1 is 1.04 bits per heavy atom. The molecular weight excluding hydrogens is 302 g/mol. The molecule has 122 valence electrons. The predicted molar refractivity (Wildman–Crippen MR) is 96.6 cm³/mol. The van der Waals surface area contributed by atoms with E-state index >= 15 is 0 Å². The first-order valence-corrected chi connectivity index (χ1v) is 7.58. The third kappa shape index (κ3) is 3.38. The van der Waals surface area contributed by atoms with Gasteiger partial charge in [0.1, 0.15) is 11.4 Å². The lowest BCUT2D eigenvalue weighted by Gasteiger charge is -2.09. The second-order valence-corrected chi connectivity index (χ2v) is 5.68. The summed E-state index contributed by atoms with van der Waals surface area (Å²) in [7, 11) is 0. The molecule has 0 aliphatic heterocycles. The Bertz CT molecular complexity index is 850. The van der Waals surface area contributed by atoms with E-state index in [-0.39, 0.29) is 17.3 Å². The Balaban J connectivity index is 1.86. The predicted octanol–water partition coefficient (Wildman–Crippen LogP) is 3.60. The molecule has 0 aliphatic rings. The summed E-state index contributed by atoms with van der Waals surface area (Å²) >= 11 is 0. The van der Waals surface area contributed by atoms with E-state index in [9.17, 15) is 4.79 Å². The van der Waals surface area contributed by atoms with Crippen LogP contribution in [0.4, 0.5) is 23.0 Å². The fourth-order valence-corrected chi connectivity index (χ4v) is 2.57. The van der Waals surface area contributed by atoms with Crippen LogP contribution in [0.3, 0.4) is 0 Å². The van der Waals surface area contributed by atoms with Gasteiger partial charge in [-0.3, -0.25) is 9.89 Å². The van der Waals surface area contributed by atoms with Crippen molar-refractivity contribution in [2.75, 3.05) is 16.4 Å². The summed E-state index contributed by atoms with van der Waals surface area (Å²) in [6.07, 6.45) is 0. The molecule has 0 unspecified atom stereocenters. The number of amides is 1. The maximum Gasteiger partial charge on any atom is 0.263 e. The van der Waals surface area contributed by atoms with Crippen molar-refractivity contribution < 1.29 is 4.79 Å². The van der Waals surface area contributed by atoms with Gasteiger partial charge in [-0.15, -0.1) is 0 Å². The number of nitrogen functional groups attached to an aromatic ring is 1. The molecule has 5 N–H and O–H groups in total. The molecular formula is C18H19N5O. The lowest BCUT2D eigenvalue weighted by Crippen LogP contribution is -2.15. The standard InChI is InChI=1S/C18H19N5O/c1-11-8-12(2)10-14(9-11)21-18(24)15-16(19)22-23-17(15)20-13-6-4-3-5-7-13/h3-10H,1-2H3,(H,21,24)(H4,19,20,22,23). The molecule has 0 radical (unpaired) electrons. The highest BCUT2D eigenvalue weighted by molar-refractivity contribution is 6.11. The number of hydrogen-bond donors (Lipinski definition) is 4. The quantitative estimate of drug-likeness (QED) is 0.590. The number of nitrogens with one attached hydrogen (secondary N) is 3. The van der Waals surface area contributed by atoms with Gasteiger partial charge in [0, 0.05) is 11.4 Å². The molecule has 2 aromatic carbocycles. The van der Waals surface area contributed by atoms with Gasteiger partial charge < -0.3 is 16.4 Å². The number of aromatic amines is 1. The van der Waals surface area contributed by atoms with Crippen molar-refractivity contribution in [3.05, 3.63) is 65.2 Å². The smallest absolute Gasteiger partial charge is 0.263 e. The summed E-state index contributed by atoms with van der Waals surface area (Å²) in [5, 5.41) is 12.7. The number of aromatic nitrogens is 2. The summed E-state index contributed by atoms with van der Waals surface area (Å²) in [6, 6.07) is 15.3. The molecule has 6 heteroatoms. The maximum atomic E-state index is 12.6. The van der Waals surface area contributed by atoms with Crippen molar-refractivity contribution >= 4 is 28.9 Å². The van der Waals surface area contributed by atoms with E-state index in [4.69, 9.17) is 5.73 Å². The third-order valence-corrected chi connectivity index (χ3v) is 3.54. The summed E-state index contributed by atoms with van der Waals surface area (Å²) < 4.78 is 0. The molecule has 3 aromatic rings. The number of H-pyrrole nitrogens is 1. The molecule has 0 saturated heterocycles. The largest absolute Gasteiger partial charge is 0.383 e. The number of hydrogen-bond acceptors (Lipinski definition) is 4. The molecule has 1 heterocycles. The van der Waals surface area contributed by atoms with Gasteiger partial charge >= 0.3 is 0 Å². The molecule has 0 saturated carbocycles. The van der Waals surface area contributed by atoms with Crippen LogP contribution in [0.1, 0.15) is 21.5 Å². The number of anilines is 4. The van der Waals surface area contributed by atoms with Crippen LogP contribution in [0, 0.1) is 13.8 Å². The third-order valence-electron chi connectivity index (χ3n) is 3.54. The molecule has 0 bridgehead atoms. The fourth-order valence-electron chi connectivity index (χ4n) is 2.57. The van der Waals surface area contributed by atoms with Crippen LogP contribution in [-0.4, -0.2) is 16.1 Å². The van der Waals surface area contributed by atoms with Gasteiger partial charge in [0.2, 0.25) is 0 Å². The second-order valence-electron chi connectivity index (χ2n) is 5.68. The van der Waals surface area contributed by atoms with Crippen molar-refractivity contribution in [1.29, 1.82) is 0 Å². The molecule has 6 nitrogen and oxygen atoms in total. The Kier molecular flexibility index (Phi) is 4.20. The van der Waals surface area contributed by atoms with Crippen molar-refractivity contribution in [3.8, 4) is 0 Å². The Hall–Kier alpha value is -3.28. The van der Waals surface area contributed by atoms with Gasteiger partial charge in [-0.1, -0.05) is 24.3 Å². The van der Waals surface area contributed by atoms with Gasteiger partial charge in [-0.05, 0) is 49.2 Å². The van der Waals surface area contributed by atoms with Gasteiger partial charge in [0.05, 0.1) is 0 Å². The Morgan fingerprint density at radius 3 is 2.38 bits per heavy atom. The topological polar surface area (TPSA) is 95.8 Å². The molecule has 0 fully saturated rings. The normalized spacial score (nSPS) is 10.4. The number of carbonyl (C=O) groups excluding carboxylic acids is 1. The zero-order valence-electron chi connectivity index (χ0n) is 13.6. The SMILES string of the molecule is Cc1cc(C)cc(NC(=O)c2c(Nc3ccccc3)n[nH]c2N)c1. The zero-order valence-corrected chi connectivity index (χ0v) is 13.6. The molecule has 0 aliphatic carbocycles. The van der Waals surface area contributed by atoms with Crippen molar-refractivity contribution in [2.45, 2.75) is 13.8 Å². The van der Waals surface area contributed by atoms with Crippen LogP contribution in [0.15, 0.2) is 48.5 Å². The van der Waals surface area contributed by atoms with Gasteiger partial charge in [-0.25, -0.2) is 0 Å². The van der Waals surface area contributed by atoms with Crippen LogP contribution in [0.25, 0.3) is 0 Å². The maximum absolute atomic E-state index is 12.6. The fraction of sp³-hybridized carbons (Fsp3) is 0.111. The minimum Gasteiger partial charge on any atom is -0.383 e. The molecule has 1 aromatic heterocycles. The Morgan fingerprint density at radius 2 is 1.71 bits per heavy atom. The van der Waals surface area contributed by atoms with E-state index in [1.165, 1.54) is 0 Å². The number of para-hydroxylation sites is 1. The molecule has 0 atom stereocenters. The van der Waals surface area contributed by atoms with Crippen LogP contribution < -0.4 is 16.4 Å². The first-order valence-electron chi connectivity index (χ1n) is 7.58. The Labute approximate surface area is 140 Å². The van der Waals surface area contributed by atoms with Gasteiger partial charge in [-0.2, -0.15) is 5.10 Å². The van der Waals surface area contributed by atoms with Gasteiger partial charge in [0.15, 0.2) is 5.82 Å². The van der Waals surface area contributed by atoms with E-state index in [1.807, 2.05) is 62.4 Å². The van der Waals surface area contributed by atoms with Crippen LogP contribution >= 0.6 is 0 Å². The number of benzene rings is 2. The highest BCUT2D eigenvalue weighted by Gasteiger charge is 2.19. The average Bonchev–Trinajstić information content (AvgIpc) is 2.88. The summed E-state index contributed by atoms with van der Waals surface area (Å²) in [5.41, 5.74) is 9.88.